The summed E-state index contributed by atoms with van der Waals surface area (Å²) in [6.45, 7) is 4.19. The third-order valence-corrected chi connectivity index (χ3v) is 4.79. The van der Waals surface area contributed by atoms with Gasteiger partial charge in [0.25, 0.3) is 5.91 Å². The summed E-state index contributed by atoms with van der Waals surface area (Å²) in [5.41, 5.74) is 2.73. The molecule has 0 spiro atoms. The van der Waals surface area contributed by atoms with E-state index < -0.39 is 0 Å². The van der Waals surface area contributed by atoms with Gasteiger partial charge in [0.1, 0.15) is 0 Å². The number of hydrogen-bond acceptors (Lipinski definition) is 5. The number of aryl methyl sites for hydroxylation is 1. The van der Waals surface area contributed by atoms with Gasteiger partial charge in [0.15, 0.2) is 10.9 Å². The van der Waals surface area contributed by atoms with E-state index in [1.807, 2.05) is 29.6 Å². The van der Waals surface area contributed by atoms with Crippen molar-refractivity contribution in [3.8, 4) is 0 Å². The Hall–Kier alpha value is -2.93. The second-order valence-corrected chi connectivity index (χ2v) is 7.22. The largest absolute Gasteiger partial charge is 0.459 e. The Balaban J connectivity index is 1.53. The van der Waals surface area contributed by atoms with Crippen molar-refractivity contribution in [2.45, 2.75) is 32.6 Å². The van der Waals surface area contributed by atoms with Crippen molar-refractivity contribution in [3.05, 3.63) is 65.1 Å². The highest BCUT2D eigenvalue weighted by atomic mass is 32.1. The molecule has 0 aliphatic carbocycles. The van der Waals surface area contributed by atoms with Crippen LogP contribution >= 0.6 is 11.3 Å². The van der Waals surface area contributed by atoms with Crippen molar-refractivity contribution >= 4 is 34.0 Å². The maximum absolute atomic E-state index is 12.3. The summed E-state index contributed by atoms with van der Waals surface area (Å²) in [5.74, 6) is 0.163. The maximum atomic E-state index is 12.3. The number of thiazole rings is 1. The number of hydrogen-bond donors (Lipinski definition) is 2. The van der Waals surface area contributed by atoms with Crippen molar-refractivity contribution in [1.29, 1.82) is 0 Å². The summed E-state index contributed by atoms with van der Waals surface area (Å²) in [7, 11) is 0. The number of furan rings is 1. The number of nitrogens with one attached hydrogen (secondary N) is 2. The second kappa shape index (κ2) is 8.64. The molecular weight excluding hydrogens is 362 g/mol. The zero-order chi connectivity index (χ0) is 19.2. The van der Waals surface area contributed by atoms with Crippen LogP contribution in [0.3, 0.4) is 0 Å². The van der Waals surface area contributed by atoms with E-state index in [0.29, 0.717) is 23.9 Å². The van der Waals surface area contributed by atoms with Crippen LogP contribution in [0.2, 0.25) is 0 Å². The molecule has 0 atom stereocenters. The van der Waals surface area contributed by atoms with E-state index in [9.17, 15) is 9.59 Å². The van der Waals surface area contributed by atoms with Gasteiger partial charge in [-0.2, -0.15) is 0 Å². The van der Waals surface area contributed by atoms with Crippen LogP contribution < -0.4 is 10.6 Å². The predicted octanol–water partition coefficient (Wildman–Crippen LogP) is 4.68. The first-order chi connectivity index (χ1) is 13.0. The number of nitrogens with zero attached hydrogens (tertiary/aromatic N) is 1. The van der Waals surface area contributed by atoms with Crippen LogP contribution in [0, 0.1) is 0 Å². The van der Waals surface area contributed by atoms with E-state index in [-0.39, 0.29) is 17.6 Å². The van der Waals surface area contributed by atoms with Crippen LogP contribution in [-0.4, -0.2) is 16.8 Å². The van der Waals surface area contributed by atoms with Gasteiger partial charge in [0, 0.05) is 17.5 Å². The van der Waals surface area contributed by atoms with E-state index in [2.05, 4.69) is 29.5 Å². The molecule has 3 rings (SSSR count). The quantitative estimate of drug-likeness (QED) is 0.620. The van der Waals surface area contributed by atoms with Gasteiger partial charge in [-0.25, -0.2) is 4.98 Å². The summed E-state index contributed by atoms with van der Waals surface area (Å²) in [4.78, 5) is 28.6. The normalized spacial score (nSPS) is 10.8. The zero-order valence-electron chi connectivity index (χ0n) is 15.2. The molecule has 2 amide bonds. The molecule has 0 radical (unpaired) electrons. The number of benzene rings is 1. The lowest BCUT2D eigenvalue weighted by Gasteiger charge is -2.13. The minimum atomic E-state index is -0.344. The topological polar surface area (TPSA) is 84.2 Å². The van der Waals surface area contributed by atoms with Crippen LogP contribution in [0.25, 0.3) is 0 Å². The molecule has 2 heterocycles. The lowest BCUT2D eigenvalue weighted by molar-refractivity contribution is -0.116. The zero-order valence-corrected chi connectivity index (χ0v) is 16.0. The number of anilines is 2. The smallest absolute Gasteiger partial charge is 0.293 e. The van der Waals surface area contributed by atoms with Crippen LogP contribution in [0.4, 0.5) is 10.8 Å². The van der Waals surface area contributed by atoms with Gasteiger partial charge in [-0.15, -0.1) is 11.3 Å². The number of aromatic nitrogens is 1. The number of amides is 2. The van der Waals surface area contributed by atoms with Gasteiger partial charge < -0.3 is 9.73 Å². The van der Waals surface area contributed by atoms with E-state index in [4.69, 9.17) is 4.42 Å². The van der Waals surface area contributed by atoms with Crippen molar-refractivity contribution in [2.24, 2.45) is 0 Å². The average molecular weight is 383 g/mol. The van der Waals surface area contributed by atoms with Gasteiger partial charge in [-0.05, 0) is 36.1 Å². The van der Waals surface area contributed by atoms with Crippen molar-refractivity contribution in [1.82, 2.24) is 4.98 Å². The van der Waals surface area contributed by atoms with E-state index in [1.54, 1.807) is 12.1 Å². The molecular formula is C20H21N3O3S. The van der Waals surface area contributed by atoms with Crippen LogP contribution in [0.5, 0.6) is 0 Å². The highest BCUT2D eigenvalue weighted by Crippen LogP contribution is 2.24. The molecule has 0 aliphatic rings. The molecule has 1 aromatic carbocycles. The first-order valence-corrected chi connectivity index (χ1v) is 9.59. The summed E-state index contributed by atoms with van der Waals surface area (Å²) >= 11 is 1.32. The summed E-state index contributed by atoms with van der Waals surface area (Å²) < 4.78 is 5.05. The van der Waals surface area contributed by atoms with Crippen LogP contribution in [0.15, 0.2) is 52.5 Å². The van der Waals surface area contributed by atoms with Crippen molar-refractivity contribution < 1.29 is 14.0 Å². The van der Waals surface area contributed by atoms with Gasteiger partial charge in [0.05, 0.1) is 12.0 Å². The summed E-state index contributed by atoms with van der Waals surface area (Å²) in [6.07, 6.45) is 2.27. The SMILES string of the molecule is CC(C)c1ccccc1NC(=O)CCc1csc(NC(=O)c2ccco2)n1. The fourth-order valence-electron chi connectivity index (χ4n) is 2.61. The Morgan fingerprint density at radius 3 is 2.70 bits per heavy atom. The Morgan fingerprint density at radius 1 is 1.15 bits per heavy atom. The lowest BCUT2D eigenvalue weighted by atomic mass is 10.0. The minimum absolute atomic E-state index is 0.0581. The summed E-state index contributed by atoms with van der Waals surface area (Å²) in [6, 6.07) is 11.1. The standard InChI is InChI=1S/C20H21N3O3S/c1-13(2)15-6-3-4-7-16(15)22-18(24)10-9-14-12-27-20(21-14)23-19(25)17-8-5-11-26-17/h3-8,11-13H,9-10H2,1-2H3,(H,22,24)(H,21,23,25). The third kappa shape index (κ3) is 5.04. The number of para-hydroxylation sites is 1. The fourth-order valence-corrected chi connectivity index (χ4v) is 3.35. The molecule has 0 saturated carbocycles. The molecule has 0 aliphatic heterocycles. The predicted molar refractivity (Wildman–Crippen MR) is 106 cm³/mol. The fraction of sp³-hybridized carbons (Fsp3) is 0.250. The van der Waals surface area contributed by atoms with Crippen molar-refractivity contribution in [2.75, 3.05) is 10.6 Å². The molecule has 0 unspecified atom stereocenters. The van der Waals surface area contributed by atoms with Crippen molar-refractivity contribution in [3.63, 3.8) is 0 Å². The highest BCUT2D eigenvalue weighted by Gasteiger charge is 2.13. The molecule has 27 heavy (non-hydrogen) atoms. The molecule has 140 valence electrons. The lowest BCUT2D eigenvalue weighted by Crippen LogP contribution is -2.14. The highest BCUT2D eigenvalue weighted by molar-refractivity contribution is 7.13. The Morgan fingerprint density at radius 2 is 1.96 bits per heavy atom. The Bertz CT molecular complexity index is 916. The van der Waals surface area contributed by atoms with E-state index in [0.717, 1.165) is 16.9 Å². The average Bonchev–Trinajstić information content (AvgIpc) is 3.32. The molecule has 0 saturated heterocycles. The first-order valence-electron chi connectivity index (χ1n) is 8.71. The second-order valence-electron chi connectivity index (χ2n) is 6.37. The Kier molecular flexibility index (Phi) is 6.03. The molecule has 2 N–H and O–H groups in total. The third-order valence-electron chi connectivity index (χ3n) is 3.98. The maximum Gasteiger partial charge on any atom is 0.293 e. The number of carbonyl (C=O) groups is 2. The molecule has 0 fully saturated rings. The Labute approximate surface area is 161 Å². The van der Waals surface area contributed by atoms with Gasteiger partial charge in [-0.1, -0.05) is 32.0 Å². The number of carbonyl (C=O) groups excluding carboxylic acids is 2. The molecule has 0 bridgehead atoms. The van der Waals surface area contributed by atoms with Gasteiger partial charge >= 0.3 is 0 Å². The minimum Gasteiger partial charge on any atom is -0.459 e. The molecule has 2 aromatic heterocycles. The molecule has 3 aromatic rings. The van der Waals surface area contributed by atoms with Gasteiger partial charge in [0.2, 0.25) is 5.91 Å². The van der Waals surface area contributed by atoms with Crippen LogP contribution in [0.1, 0.15) is 48.0 Å². The van der Waals surface area contributed by atoms with E-state index >= 15 is 0 Å². The molecule has 6 nitrogen and oxygen atoms in total. The molecule has 7 heteroatoms. The van der Waals surface area contributed by atoms with E-state index in [1.165, 1.54) is 17.6 Å². The van der Waals surface area contributed by atoms with Gasteiger partial charge in [-0.3, -0.25) is 14.9 Å². The monoisotopic (exact) mass is 383 g/mol. The number of rotatable bonds is 7. The first kappa shape index (κ1) is 18.8. The summed E-state index contributed by atoms with van der Waals surface area (Å²) in [5, 5.41) is 7.98. The van der Waals surface area contributed by atoms with Crippen LogP contribution in [-0.2, 0) is 11.2 Å².